The average Bonchev–Trinajstić information content (AvgIpc) is 3.13. The van der Waals surface area contributed by atoms with E-state index < -0.39 is 5.69 Å². The summed E-state index contributed by atoms with van der Waals surface area (Å²) >= 11 is 5.87. The summed E-state index contributed by atoms with van der Waals surface area (Å²) in [5.74, 6) is -0.244. The van der Waals surface area contributed by atoms with Crippen molar-refractivity contribution in [2.24, 2.45) is 4.99 Å². The van der Waals surface area contributed by atoms with E-state index in [1.807, 2.05) is 0 Å². The van der Waals surface area contributed by atoms with Crippen molar-refractivity contribution in [2.75, 3.05) is 0 Å². The second kappa shape index (κ2) is 5.91. The summed E-state index contributed by atoms with van der Waals surface area (Å²) in [7, 11) is 0. The summed E-state index contributed by atoms with van der Waals surface area (Å²) in [5, 5.41) is 15.1. The minimum absolute atomic E-state index is 0.244. The molecule has 0 unspecified atom stereocenters. The van der Waals surface area contributed by atoms with Crippen LogP contribution in [0.1, 0.15) is 5.69 Å². The molecule has 0 saturated carbocycles. The topological polar surface area (TPSA) is 111 Å². The molecule has 0 spiro atoms. The van der Waals surface area contributed by atoms with Crippen LogP contribution in [0.4, 0.5) is 5.69 Å². The van der Waals surface area contributed by atoms with Crippen molar-refractivity contribution in [3.05, 3.63) is 74.6 Å². The normalized spacial score (nSPS) is 13.0. The van der Waals surface area contributed by atoms with E-state index in [0.717, 1.165) is 5.69 Å². The minimum atomic E-state index is -0.494. The summed E-state index contributed by atoms with van der Waals surface area (Å²) in [6.45, 7) is 0. The SMILES string of the molecule is O=c1[nH]c(O)c(/C=c2\cnn3ccc(=Nc4ccc(Cl)cc4)nc23)[nH]1. The van der Waals surface area contributed by atoms with Crippen molar-refractivity contribution in [3.63, 3.8) is 0 Å². The van der Waals surface area contributed by atoms with Gasteiger partial charge < -0.3 is 10.1 Å². The number of aromatic amines is 2. The smallest absolute Gasteiger partial charge is 0.326 e. The van der Waals surface area contributed by atoms with Gasteiger partial charge in [-0.3, -0.25) is 4.98 Å². The van der Waals surface area contributed by atoms with Gasteiger partial charge in [0.1, 0.15) is 5.69 Å². The van der Waals surface area contributed by atoms with Crippen LogP contribution < -0.4 is 16.4 Å². The standard InChI is InChI=1S/C16H11ClN6O2/c17-10-1-3-11(4-2-10)19-13-5-6-23-14(21-13)9(8-18-23)7-12-15(24)22-16(25)20-12/h1-8,24H,(H2,20,22,25)/b9-7+,19-13?. The Morgan fingerprint density at radius 3 is 2.72 bits per heavy atom. The number of hydrogen-bond donors (Lipinski definition) is 3. The highest BCUT2D eigenvalue weighted by Crippen LogP contribution is 2.15. The predicted molar refractivity (Wildman–Crippen MR) is 91.5 cm³/mol. The number of H-pyrrole nitrogens is 2. The molecule has 4 aromatic rings. The molecule has 4 rings (SSSR count). The Morgan fingerprint density at radius 2 is 2.00 bits per heavy atom. The first-order valence-corrected chi connectivity index (χ1v) is 7.64. The van der Waals surface area contributed by atoms with Gasteiger partial charge in [-0.1, -0.05) is 11.6 Å². The summed E-state index contributed by atoms with van der Waals surface area (Å²) < 4.78 is 1.58. The van der Waals surface area contributed by atoms with E-state index in [0.29, 0.717) is 21.4 Å². The molecule has 0 saturated heterocycles. The molecular formula is C16H11ClN6O2. The fraction of sp³-hybridized carbons (Fsp3) is 0. The Bertz CT molecular complexity index is 1240. The number of nitrogens with one attached hydrogen (secondary N) is 2. The van der Waals surface area contributed by atoms with Crippen LogP contribution in [0.3, 0.4) is 0 Å². The second-order valence-corrected chi connectivity index (χ2v) is 5.66. The maximum Gasteiger partial charge on any atom is 0.326 e. The van der Waals surface area contributed by atoms with E-state index >= 15 is 0 Å². The molecule has 9 heteroatoms. The molecule has 3 aromatic heterocycles. The molecule has 1 aromatic carbocycles. The zero-order valence-corrected chi connectivity index (χ0v) is 13.4. The molecule has 0 fully saturated rings. The fourth-order valence-electron chi connectivity index (χ4n) is 2.34. The number of aromatic hydroxyl groups is 1. The van der Waals surface area contributed by atoms with E-state index in [-0.39, 0.29) is 11.6 Å². The number of benzene rings is 1. The van der Waals surface area contributed by atoms with Crippen LogP contribution in [0.2, 0.25) is 5.02 Å². The molecular weight excluding hydrogens is 344 g/mol. The third-order valence-electron chi connectivity index (χ3n) is 3.49. The van der Waals surface area contributed by atoms with Crippen molar-refractivity contribution in [1.82, 2.24) is 24.6 Å². The molecule has 25 heavy (non-hydrogen) atoms. The molecule has 0 aliphatic rings. The lowest BCUT2D eigenvalue weighted by atomic mass is 10.3. The Morgan fingerprint density at radius 1 is 1.20 bits per heavy atom. The van der Waals surface area contributed by atoms with Crippen LogP contribution in [-0.2, 0) is 0 Å². The maximum atomic E-state index is 11.2. The van der Waals surface area contributed by atoms with E-state index in [9.17, 15) is 9.90 Å². The van der Waals surface area contributed by atoms with Crippen molar-refractivity contribution in [2.45, 2.75) is 0 Å². The molecule has 0 atom stereocenters. The third kappa shape index (κ3) is 3.02. The van der Waals surface area contributed by atoms with Crippen LogP contribution in [0, 0.1) is 0 Å². The van der Waals surface area contributed by atoms with Crippen molar-refractivity contribution >= 4 is 29.0 Å². The molecule has 8 nitrogen and oxygen atoms in total. The zero-order valence-electron chi connectivity index (χ0n) is 12.6. The van der Waals surface area contributed by atoms with E-state index in [1.54, 1.807) is 53.3 Å². The molecule has 0 amide bonds. The van der Waals surface area contributed by atoms with Gasteiger partial charge in [0, 0.05) is 22.5 Å². The van der Waals surface area contributed by atoms with Crippen LogP contribution in [-0.4, -0.2) is 29.7 Å². The summed E-state index contributed by atoms with van der Waals surface area (Å²) in [6, 6.07) is 8.82. The number of nitrogens with zero attached hydrogens (tertiary/aromatic N) is 4. The highest BCUT2D eigenvalue weighted by Gasteiger charge is 2.04. The molecule has 0 bridgehead atoms. The van der Waals surface area contributed by atoms with Gasteiger partial charge in [0.25, 0.3) is 0 Å². The Kier molecular flexibility index (Phi) is 3.58. The van der Waals surface area contributed by atoms with Gasteiger partial charge in [0.05, 0.1) is 11.9 Å². The highest BCUT2D eigenvalue weighted by molar-refractivity contribution is 6.30. The molecule has 124 valence electrons. The van der Waals surface area contributed by atoms with Crippen molar-refractivity contribution in [3.8, 4) is 5.88 Å². The summed E-state index contributed by atoms with van der Waals surface area (Å²) in [6.07, 6.45) is 4.89. The quantitative estimate of drug-likeness (QED) is 0.496. The number of rotatable bonds is 2. The first-order chi connectivity index (χ1) is 12.1. The Balaban J connectivity index is 1.87. The largest absolute Gasteiger partial charge is 0.493 e. The van der Waals surface area contributed by atoms with E-state index in [1.165, 1.54) is 0 Å². The molecule has 0 radical (unpaired) electrons. The van der Waals surface area contributed by atoms with E-state index in [2.05, 4.69) is 25.0 Å². The number of halogens is 1. The fourth-order valence-corrected chi connectivity index (χ4v) is 2.46. The molecule has 0 aliphatic heterocycles. The van der Waals surface area contributed by atoms with Gasteiger partial charge in [-0.25, -0.2) is 19.3 Å². The van der Waals surface area contributed by atoms with Gasteiger partial charge in [-0.05, 0) is 30.3 Å². The monoisotopic (exact) mass is 354 g/mol. The average molecular weight is 355 g/mol. The lowest BCUT2D eigenvalue weighted by Gasteiger charge is -1.95. The van der Waals surface area contributed by atoms with Gasteiger partial charge in [-0.15, -0.1) is 0 Å². The van der Waals surface area contributed by atoms with Crippen molar-refractivity contribution < 1.29 is 5.11 Å². The number of hydrogen-bond acceptors (Lipinski definition) is 5. The molecule has 3 heterocycles. The Labute approximate surface area is 144 Å². The number of aromatic nitrogens is 5. The minimum Gasteiger partial charge on any atom is -0.493 e. The number of imidazole rings is 1. The second-order valence-electron chi connectivity index (χ2n) is 5.23. The lowest BCUT2D eigenvalue weighted by molar-refractivity contribution is 0.454. The van der Waals surface area contributed by atoms with Crippen LogP contribution >= 0.6 is 11.6 Å². The Hall–Kier alpha value is -3.39. The lowest BCUT2D eigenvalue weighted by Crippen LogP contribution is -2.12. The maximum absolute atomic E-state index is 11.2. The molecule has 3 N–H and O–H groups in total. The van der Waals surface area contributed by atoms with Crippen LogP contribution in [0.5, 0.6) is 5.88 Å². The number of fused-ring (bicyclic) bond motifs is 1. The first kappa shape index (κ1) is 15.2. The zero-order chi connectivity index (χ0) is 17.4. The van der Waals surface area contributed by atoms with Gasteiger partial charge >= 0.3 is 5.69 Å². The summed E-state index contributed by atoms with van der Waals surface area (Å²) in [5.41, 5.74) is 1.51. The third-order valence-corrected chi connectivity index (χ3v) is 3.74. The van der Waals surface area contributed by atoms with Crippen LogP contribution in [0.25, 0.3) is 11.7 Å². The summed E-state index contributed by atoms with van der Waals surface area (Å²) in [4.78, 5) is 24.9. The van der Waals surface area contributed by atoms with E-state index in [4.69, 9.17) is 11.6 Å². The predicted octanol–water partition coefficient (Wildman–Crippen LogP) is 0.885. The van der Waals surface area contributed by atoms with Gasteiger partial charge in [0.2, 0.25) is 5.88 Å². The van der Waals surface area contributed by atoms with Gasteiger partial charge in [0.15, 0.2) is 11.1 Å². The molecule has 0 aliphatic carbocycles. The highest BCUT2D eigenvalue weighted by atomic mass is 35.5. The first-order valence-electron chi connectivity index (χ1n) is 7.26. The van der Waals surface area contributed by atoms with Crippen molar-refractivity contribution in [1.29, 1.82) is 0 Å². The van der Waals surface area contributed by atoms with Crippen LogP contribution in [0.15, 0.2) is 52.5 Å². The van der Waals surface area contributed by atoms with Gasteiger partial charge in [-0.2, -0.15) is 5.10 Å².